The van der Waals surface area contributed by atoms with Crippen LogP contribution in [-0.2, 0) is 4.74 Å². The molecule has 0 aromatic heterocycles. The third-order valence-corrected chi connectivity index (χ3v) is 3.29. The summed E-state index contributed by atoms with van der Waals surface area (Å²) in [6.07, 6.45) is 0. The van der Waals surface area contributed by atoms with Crippen LogP contribution in [0.3, 0.4) is 0 Å². The van der Waals surface area contributed by atoms with Crippen molar-refractivity contribution in [2.75, 3.05) is 50.8 Å². The third-order valence-electron chi connectivity index (χ3n) is 3.29. The van der Waals surface area contributed by atoms with Crippen LogP contribution in [0.4, 0.5) is 5.69 Å². The molecule has 0 spiro atoms. The molecular weight excluding hydrogens is 212 g/mol. The van der Waals surface area contributed by atoms with Crippen LogP contribution in [0.2, 0.25) is 0 Å². The fourth-order valence-electron chi connectivity index (χ4n) is 2.20. The maximum absolute atomic E-state index is 5.36. The average Bonchev–Trinajstić information content (AvgIpc) is 2.42. The summed E-state index contributed by atoms with van der Waals surface area (Å²) < 4.78 is 5.36. The normalized spacial score (nSPS) is 17.0. The van der Waals surface area contributed by atoms with E-state index in [0.717, 1.165) is 45.9 Å². The molecule has 1 saturated heterocycles. The van der Waals surface area contributed by atoms with Gasteiger partial charge in [-0.15, -0.1) is 0 Å². The van der Waals surface area contributed by atoms with Gasteiger partial charge >= 0.3 is 0 Å². The number of benzene rings is 1. The molecule has 0 amide bonds. The monoisotopic (exact) mass is 234 g/mol. The van der Waals surface area contributed by atoms with Crippen LogP contribution >= 0.6 is 0 Å². The first-order chi connectivity index (χ1) is 8.40. The van der Waals surface area contributed by atoms with Gasteiger partial charge in [0.2, 0.25) is 0 Å². The van der Waals surface area contributed by atoms with E-state index in [1.165, 1.54) is 5.69 Å². The minimum atomic E-state index is 0.886. The van der Waals surface area contributed by atoms with Crippen molar-refractivity contribution < 1.29 is 4.74 Å². The van der Waals surface area contributed by atoms with Gasteiger partial charge in [0.1, 0.15) is 0 Å². The van der Waals surface area contributed by atoms with Gasteiger partial charge in [0.25, 0.3) is 0 Å². The number of anilines is 1. The van der Waals surface area contributed by atoms with Gasteiger partial charge in [-0.1, -0.05) is 18.2 Å². The second-order valence-electron chi connectivity index (χ2n) is 4.37. The lowest BCUT2D eigenvalue weighted by molar-refractivity contribution is 0.0392. The summed E-state index contributed by atoms with van der Waals surface area (Å²) in [4.78, 5) is 4.91. The molecule has 0 N–H and O–H groups in total. The molecule has 17 heavy (non-hydrogen) atoms. The molecule has 1 aliphatic rings. The predicted octanol–water partition coefficient (Wildman–Crippen LogP) is 1.85. The molecule has 1 aromatic carbocycles. The lowest BCUT2D eigenvalue weighted by Crippen LogP contribution is -2.41. The Labute approximate surface area is 104 Å². The Balaban J connectivity index is 1.83. The molecule has 0 unspecified atom stereocenters. The van der Waals surface area contributed by atoms with E-state index < -0.39 is 0 Å². The van der Waals surface area contributed by atoms with Crippen molar-refractivity contribution in [1.82, 2.24) is 4.90 Å². The lowest BCUT2D eigenvalue weighted by Gasteiger charge is -2.30. The van der Waals surface area contributed by atoms with Gasteiger partial charge in [-0.3, -0.25) is 4.90 Å². The van der Waals surface area contributed by atoms with Crippen molar-refractivity contribution in [2.24, 2.45) is 0 Å². The molecule has 0 atom stereocenters. The van der Waals surface area contributed by atoms with Gasteiger partial charge in [-0.25, -0.2) is 0 Å². The summed E-state index contributed by atoms with van der Waals surface area (Å²) in [6.45, 7) is 9.43. The van der Waals surface area contributed by atoms with Gasteiger partial charge in [-0.2, -0.15) is 0 Å². The first-order valence-corrected chi connectivity index (χ1v) is 6.50. The van der Waals surface area contributed by atoms with Crippen molar-refractivity contribution in [3.63, 3.8) is 0 Å². The van der Waals surface area contributed by atoms with E-state index in [9.17, 15) is 0 Å². The summed E-state index contributed by atoms with van der Waals surface area (Å²) in [5.41, 5.74) is 1.32. The maximum Gasteiger partial charge on any atom is 0.0594 e. The zero-order chi connectivity index (χ0) is 11.9. The fourth-order valence-corrected chi connectivity index (χ4v) is 2.20. The van der Waals surface area contributed by atoms with E-state index in [0.29, 0.717) is 0 Å². The zero-order valence-electron chi connectivity index (χ0n) is 10.6. The van der Waals surface area contributed by atoms with Gasteiger partial charge in [0.05, 0.1) is 13.2 Å². The van der Waals surface area contributed by atoms with Gasteiger partial charge in [0, 0.05) is 38.4 Å². The lowest BCUT2D eigenvalue weighted by atomic mass is 10.3. The van der Waals surface area contributed by atoms with Crippen LogP contribution in [0, 0.1) is 0 Å². The Kier molecular flexibility index (Phi) is 4.83. The number of ether oxygens (including phenoxy) is 1. The van der Waals surface area contributed by atoms with Gasteiger partial charge in [-0.05, 0) is 19.1 Å². The number of rotatable bonds is 5. The summed E-state index contributed by atoms with van der Waals surface area (Å²) in [5.74, 6) is 0. The number of likely N-dealkylation sites (N-methyl/N-ethyl adjacent to an activating group) is 1. The number of para-hydroxylation sites is 1. The molecule has 0 radical (unpaired) electrons. The number of morpholine rings is 1. The van der Waals surface area contributed by atoms with Crippen molar-refractivity contribution in [1.29, 1.82) is 0 Å². The number of nitrogens with zero attached hydrogens (tertiary/aromatic N) is 2. The first-order valence-electron chi connectivity index (χ1n) is 6.50. The van der Waals surface area contributed by atoms with Crippen LogP contribution < -0.4 is 4.90 Å². The van der Waals surface area contributed by atoms with E-state index >= 15 is 0 Å². The second-order valence-corrected chi connectivity index (χ2v) is 4.37. The van der Waals surface area contributed by atoms with Crippen LogP contribution in [0.25, 0.3) is 0 Å². The molecule has 1 aliphatic heterocycles. The van der Waals surface area contributed by atoms with E-state index in [-0.39, 0.29) is 0 Å². The van der Waals surface area contributed by atoms with Crippen molar-refractivity contribution in [2.45, 2.75) is 6.92 Å². The number of hydrogen-bond acceptors (Lipinski definition) is 3. The minimum Gasteiger partial charge on any atom is -0.379 e. The van der Waals surface area contributed by atoms with E-state index in [1.807, 2.05) is 0 Å². The molecule has 1 heterocycles. The standard InChI is InChI=1S/C14H22N2O/c1-2-16(14-6-4-3-5-7-14)9-8-15-10-12-17-13-11-15/h3-7H,2,8-13H2,1H3. The Morgan fingerprint density at radius 1 is 1.18 bits per heavy atom. The van der Waals surface area contributed by atoms with Crippen molar-refractivity contribution in [3.8, 4) is 0 Å². The van der Waals surface area contributed by atoms with Crippen molar-refractivity contribution in [3.05, 3.63) is 30.3 Å². The molecule has 3 heteroatoms. The van der Waals surface area contributed by atoms with Crippen LogP contribution in [0.5, 0.6) is 0 Å². The molecule has 0 bridgehead atoms. The predicted molar refractivity (Wildman–Crippen MR) is 71.6 cm³/mol. The van der Waals surface area contributed by atoms with Gasteiger partial charge in [0.15, 0.2) is 0 Å². The number of hydrogen-bond donors (Lipinski definition) is 0. The quantitative estimate of drug-likeness (QED) is 0.773. The van der Waals surface area contributed by atoms with Crippen LogP contribution in [0.15, 0.2) is 30.3 Å². The summed E-state index contributed by atoms with van der Waals surface area (Å²) in [7, 11) is 0. The second kappa shape index (κ2) is 6.62. The SMILES string of the molecule is CCN(CCN1CCOCC1)c1ccccc1. The molecule has 0 aliphatic carbocycles. The molecule has 0 saturated carbocycles. The topological polar surface area (TPSA) is 15.7 Å². The maximum atomic E-state index is 5.36. The summed E-state index contributed by atoms with van der Waals surface area (Å²) >= 11 is 0. The third kappa shape index (κ3) is 3.72. The first kappa shape index (κ1) is 12.4. The zero-order valence-corrected chi connectivity index (χ0v) is 10.6. The van der Waals surface area contributed by atoms with E-state index in [2.05, 4.69) is 47.1 Å². The highest BCUT2D eigenvalue weighted by Gasteiger charge is 2.11. The summed E-state index contributed by atoms with van der Waals surface area (Å²) in [6, 6.07) is 10.6. The molecule has 1 fully saturated rings. The molecule has 3 nitrogen and oxygen atoms in total. The Hall–Kier alpha value is -1.06. The van der Waals surface area contributed by atoms with E-state index in [4.69, 9.17) is 4.74 Å². The van der Waals surface area contributed by atoms with Crippen LogP contribution in [0.1, 0.15) is 6.92 Å². The molecule has 1 aromatic rings. The smallest absolute Gasteiger partial charge is 0.0594 e. The minimum absolute atomic E-state index is 0.886. The molecule has 94 valence electrons. The molecular formula is C14H22N2O. The Bertz CT molecular complexity index is 309. The highest BCUT2D eigenvalue weighted by Crippen LogP contribution is 2.12. The average molecular weight is 234 g/mol. The molecule has 2 rings (SSSR count). The summed E-state index contributed by atoms with van der Waals surface area (Å²) in [5, 5.41) is 0. The highest BCUT2D eigenvalue weighted by atomic mass is 16.5. The van der Waals surface area contributed by atoms with Gasteiger partial charge < -0.3 is 9.64 Å². The van der Waals surface area contributed by atoms with Crippen LogP contribution in [-0.4, -0.2) is 50.8 Å². The fraction of sp³-hybridized carbons (Fsp3) is 0.571. The largest absolute Gasteiger partial charge is 0.379 e. The van der Waals surface area contributed by atoms with Crippen molar-refractivity contribution >= 4 is 5.69 Å². The Morgan fingerprint density at radius 2 is 1.88 bits per heavy atom. The highest BCUT2D eigenvalue weighted by molar-refractivity contribution is 5.45. The van der Waals surface area contributed by atoms with E-state index in [1.54, 1.807) is 0 Å². The Morgan fingerprint density at radius 3 is 2.53 bits per heavy atom.